The Morgan fingerprint density at radius 2 is 2.03 bits per heavy atom. The quantitative estimate of drug-likeness (QED) is 0.562. The smallest absolute Gasteiger partial charge is 0.347 e. The number of hydrogen-bond donors (Lipinski definition) is 1. The molecule has 0 spiro atoms. The number of nitrogens with one attached hydrogen (secondary N) is 1. The zero-order chi connectivity index (χ0) is 20.1. The second-order valence-corrected chi connectivity index (χ2v) is 7.64. The van der Waals surface area contributed by atoms with Crippen LogP contribution in [0.3, 0.4) is 0 Å². The van der Waals surface area contributed by atoms with Crippen LogP contribution < -0.4 is 15.8 Å². The van der Waals surface area contributed by atoms with Gasteiger partial charge >= 0.3 is 5.63 Å². The molecule has 4 aromatic rings. The van der Waals surface area contributed by atoms with Crippen LogP contribution >= 0.6 is 0 Å². The molecule has 0 saturated carbocycles. The highest BCUT2D eigenvalue weighted by Gasteiger charge is 2.19. The summed E-state index contributed by atoms with van der Waals surface area (Å²) in [6.07, 6.45) is 3.73. The van der Waals surface area contributed by atoms with E-state index in [1.807, 2.05) is 42.8 Å². The number of anilines is 1. The van der Waals surface area contributed by atoms with Gasteiger partial charge in [0.25, 0.3) is 0 Å². The Morgan fingerprint density at radius 3 is 2.86 bits per heavy atom. The number of hydrogen-bond acceptors (Lipinski definition) is 7. The van der Waals surface area contributed by atoms with Crippen LogP contribution in [0.25, 0.3) is 28.0 Å². The van der Waals surface area contributed by atoms with Crippen molar-refractivity contribution in [2.45, 2.75) is 26.8 Å². The van der Waals surface area contributed by atoms with E-state index in [4.69, 9.17) is 4.42 Å². The summed E-state index contributed by atoms with van der Waals surface area (Å²) < 4.78 is 7.47. The maximum atomic E-state index is 12.7. The molecular weight excluding hydrogens is 368 g/mol. The van der Waals surface area contributed by atoms with Crippen molar-refractivity contribution in [2.75, 3.05) is 24.5 Å². The summed E-state index contributed by atoms with van der Waals surface area (Å²) in [5, 5.41) is 4.19. The van der Waals surface area contributed by atoms with Crippen molar-refractivity contribution in [3.05, 3.63) is 52.4 Å². The molecule has 8 heteroatoms. The van der Waals surface area contributed by atoms with Crippen LogP contribution in [0.5, 0.6) is 0 Å². The Labute approximate surface area is 167 Å². The van der Waals surface area contributed by atoms with Crippen LogP contribution in [-0.4, -0.2) is 45.0 Å². The van der Waals surface area contributed by atoms with E-state index in [0.29, 0.717) is 23.0 Å². The maximum absolute atomic E-state index is 12.7. The Morgan fingerprint density at radius 1 is 1.17 bits per heavy atom. The lowest BCUT2D eigenvalue weighted by Crippen LogP contribution is -2.49. The molecule has 0 radical (unpaired) electrons. The van der Waals surface area contributed by atoms with Gasteiger partial charge in [-0.25, -0.2) is 9.78 Å². The maximum Gasteiger partial charge on any atom is 0.347 e. The molecule has 1 aliphatic rings. The van der Waals surface area contributed by atoms with Gasteiger partial charge in [-0.2, -0.15) is 4.98 Å². The minimum Gasteiger partial charge on any atom is -0.403 e. The normalized spacial score (nSPS) is 17.3. The molecule has 8 nitrogen and oxygen atoms in total. The van der Waals surface area contributed by atoms with Crippen molar-refractivity contribution in [1.29, 1.82) is 0 Å². The average Bonchev–Trinajstić information content (AvgIpc) is 3.11. The number of nitrogens with zero attached hydrogens (tertiary/aromatic N) is 5. The minimum atomic E-state index is -0.443. The number of pyridine rings is 1. The fourth-order valence-electron chi connectivity index (χ4n) is 3.92. The van der Waals surface area contributed by atoms with Crippen molar-refractivity contribution < 1.29 is 4.42 Å². The van der Waals surface area contributed by atoms with Crippen molar-refractivity contribution in [1.82, 2.24) is 24.7 Å². The van der Waals surface area contributed by atoms with Gasteiger partial charge in [0, 0.05) is 43.5 Å². The van der Waals surface area contributed by atoms with Crippen molar-refractivity contribution in [2.24, 2.45) is 0 Å². The average molecular weight is 390 g/mol. The molecule has 5 heterocycles. The third-order valence-electron chi connectivity index (χ3n) is 5.28. The van der Waals surface area contributed by atoms with E-state index >= 15 is 0 Å². The molecule has 0 unspecified atom stereocenters. The first-order valence-corrected chi connectivity index (χ1v) is 9.74. The minimum absolute atomic E-state index is 0.347. The molecule has 1 atom stereocenters. The zero-order valence-corrected chi connectivity index (χ0v) is 16.6. The summed E-state index contributed by atoms with van der Waals surface area (Å²) in [4.78, 5) is 28.5. The van der Waals surface area contributed by atoms with Crippen molar-refractivity contribution >= 4 is 22.6 Å². The van der Waals surface area contributed by atoms with Crippen LogP contribution in [-0.2, 0) is 0 Å². The highest BCUT2D eigenvalue weighted by molar-refractivity contribution is 5.80. The first kappa shape index (κ1) is 17.8. The molecular formula is C21H22N6O2. The van der Waals surface area contributed by atoms with Gasteiger partial charge in [-0.3, -0.25) is 4.98 Å². The molecule has 148 valence electrons. The summed E-state index contributed by atoms with van der Waals surface area (Å²) in [6, 6.07) is 6.12. The number of aromatic nitrogens is 4. The van der Waals surface area contributed by atoms with E-state index < -0.39 is 5.63 Å². The molecule has 1 saturated heterocycles. The first-order valence-electron chi connectivity index (χ1n) is 9.74. The van der Waals surface area contributed by atoms with E-state index in [9.17, 15) is 4.79 Å². The fourth-order valence-corrected chi connectivity index (χ4v) is 3.92. The van der Waals surface area contributed by atoms with E-state index in [-0.39, 0.29) is 0 Å². The van der Waals surface area contributed by atoms with E-state index in [2.05, 4.69) is 32.1 Å². The third kappa shape index (κ3) is 3.15. The number of aryl methyl sites for hydroxylation is 2. The predicted octanol–water partition coefficient (Wildman–Crippen LogP) is 2.31. The van der Waals surface area contributed by atoms with Gasteiger partial charge in [0.2, 0.25) is 5.71 Å². The molecule has 4 aromatic heterocycles. The molecule has 0 aromatic carbocycles. The summed E-state index contributed by atoms with van der Waals surface area (Å²) in [5.41, 5.74) is 3.33. The largest absolute Gasteiger partial charge is 0.403 e. The lowest BCUT2D eigenvalue weighted by Gasteiger charge is -2.32. The summed E-state index contributed by atoms with van der Waals surface area (Å²) in [6.45, 7) is 8.63. The monoisotopic (exact) mass is 390 g/mol. The van der Waals surface area contributed by atoms with Gasteiger partial charge in [0.05, 0.1) is 22.6 Å². The van der Waals surface area contributed by atoms with Crippen molar-refractivity contribution in [3.8, 4) is 11.3 Å². The Hall–Kier alpha value is -3.26. The van der Waals surface area contributed by atoms with Gasteiger partial charge < -0.3 is 19.0 Å². The highest BCUT2D eigenvalue weighted by Crippen LogP contribution is 2.23. The first-order chi connectivity index (χ1) is 14.0. The lowest BCUT2D eigenvalue weighted by molar-refractivity contribution is 0.481. The van der Waals surface area contributed by atoms with Gasteiger partial charge in [0.1, 0.15) is 5.82 Å². The molecule has 1 N–H and O–H groups in total. The summed E-state index contributed by atoms with van der Waals surface area (Å²) in [5.74, 6) is 0.826. The molecule has 0 aliphatic carbocycles. The zero-order valence-electron chi connectivity index (χ0n) is 16.6. The summed E-state index contributed by atoms with van der Waals surface area (Å²) >= 11 is 0. The predicted molar refractivity (Wildman–Crippen MR) is 111 cm³/mol. The van der Waals surface area contributed by atoms with E-state index in [0.717, 1.165) is 47.9 Å². The fraction of sp³-hybridized carbons (Fsp3) is 0.333. The van der Waals surface area contributed by atoms with Crippen LogP contribution in [0.2, 0.25) is 0 Å². The van der Waals surface area contributed by atoms with Crippen LogP contribution in [0, 0.1) is 13.8 Å². The number of fused-ring (bicyclic) bond motifs is 2. The van der Waals surface area contributed by atoms with Gasteiger partial charge in [-0.1, -0.05) is 0 Å². The number of imidazole rings is 1. The van der Waals surface area contributed by atoms with Gasteiger partial charge in [-0.05, 0) is 39.0 Å². The van der Waals surface area contributed by atoms with Crippen molar-refractivity contribution in [3.63, 3.8) is 0 Å². The molecule has 1 fully saturated rings. The Kier molecular flexibility index (Phi) is 4.09. The third-order valence-corrected chi connectivity index (χ3v) is 5.28. The van der Waals surface area contributed by atoms with Crippen LogP contribution in [0.1, 0.15) is 18.3 Å². The SMILES string of the molecule is Cc1cn2cc(-c3cc4ccc(N5CCN[C@@H](C)C5)nc4oc3=O)nc2c(C)n1. The molecule has 29 heavy (non-hydrogen) atoms. The number of piperazine rings is 1. The standard InChI is InChI=1S/C21H22N6O2/c1-12-9-26(7-6-22-12)18-5-4-15-8-16(21(28)29-20(15)25-18)17-11-27-10-13(2)23-14(3)19(27)24-17/h4-5,8,10-12,22H,6-7,9H2,1-3H3/t12-/m0/s1. The van der Waals surface area contributed by atoms with E-state index in [1.165, 1.54) is 0 Å². The summed E-state index contributed by atoms with van der Waals surface area (Å²) in [7, 11) is 0. The Balaban J connectivity index is 1.58. The van der Waals surface area contributed by atoms with E-state index in [1.54, 1.807) is 6.07 Å². The molecule has 0 bridgehead atoms. The van der Waals surface area contributed by atoms with Gasteiger partial charge in [0.15, 0.2) is 5.65 Å². The Bertz CT molecular complexity index is 1290. The number of rotatable bonds is 2. The topological polar surface area (TPSA) is 88.6 Å². The second-order valence-electron chi connectivity index (χ2n) is 7.64. The second kappa shape index (κ2) is 6.66. The molecule has 1 aliphatic heterocycles. The molecule has 0 amide bonds. The van der Waals surface area contributed by atoms with Gasteiger partial charge in [-0.15, -0.1) is 0 Å². The molecule has 5 rings (SSSR count). The van der Waals surface area contributed by atoms with Crippen LogP contribution in [0.4, 0.5) is 5.82 Å². The van der Waals surface area contributed by atoms with Crippen LogP contribution in [0.15, 0.2) is 39.8 Å². The lowest BCUT2D eigenvalue weighted by atomic mass is 10.2. The highest BCUT2D eigenvalue weighted by atomic mass is 16.4.